The van der Waals surface area contributed by atoms with Gasteiger partial charge >= 0.3 is 5.97 Å². The van der Waals surface area contributed by atoms with E-state index in [2.05, 4.69) is 27.7 Å². The summed E-state index contributed by atoms with van der Waals surface area (Å²) in [4.78, 5) is 31.5. The van der Waals surface area contributed by atoms with E-state index in [0.717, 1.165) is 62.5 Å². The Balaban J connectivity index is 1.29. The number of hydrogen-bond acceptors (Lipinski definition) is 7. The highest BCUT2D eigenvalue weighted by atomic mass is 16.5. The van der Waals surface area contributed by atoms with Crippen LogP contribution in [0.15, 0.2) is 72.8 Å². The molecule has 0 aliphatic carbocycles. The molecule has 4 rings (SSSR count). The van der Waals surface area contributed by atoms with Gasteiger partial charge in [-0.25, -0.2) is 9.78 Å². The Hall–Kier alpha value is -3.95. The van der Waals surface area contributed by atoms with Crippen molar-refractivity contribution in [2.24, 2.45) is 0 Å². The second-order valence-electron chi connectivity index (χ2n) is 10.3. The number of anilines is 1. The van der Waals surface area contributed by atoms with Gasteiger partial charge in [0.2, 0.25) is 0 Å². The predicted octanol–water partition coefficient (Wildman–Crippen LogP) is 3.84. The number of amides is 1. The first kappa shape index (κ1) is 30.0. The average molecular weight is 561 g/mol. The van der Waals surface area contributed by atoms with E-state index in [1.54, 1.807) is 30.3 Å². The summed E-state index contributed by atoms with van der Waals surface area (Å²) < 4.78 is 5.89. The first-order chi connectivity index (χ1) is 20.0. The van der Waals surface area contributed by atoms with Crippen molar-refractivity contribution >= 4 is 17.7 Å². The van der Waals surface area contributed by atoms with E-state index in [1.807, 2.05) is 30.3 Å². The predicted molar refractivity (Wildman–Crippen MR) is 158 cm³/mol. The smallest absolute Gasteiger partial charge is 0.326 e. The molecule has 218 valence electrons. The molecule has 2 aromatic carbocycles. The molecule has 1 aromatic heterocycles. The maximum absolute atomic E-state index is 12.6. The van der Waals surface area contributed by atoms with Crippen molar-refractivity contribution in [2.75, 3.05) is 38.1 Å². The zero-order valence-electron chi connectivity index (χ0n) is 23.4. The molecule has 0 fully saturated rings. The largest absolute Gasteiger partial charge is 0.492 e. The van der Waals surface area contributed by atoms with Crippen LogP contribution < -0.4 is 15.4 Å². The molecule has 9 heteroatoms. The third-order valence-corrected chi connectivity index (χ3v) is 7.24. The van der Waals surface area contributed by atoms with Crippen LogP contribution in [0, 0.1) is 0 Å². The standard InChI is InChI=1S/C32H40N4O5/c37-29(24-10-3-1-4-11-24)31(38)35-28(32(39)40)18-21-36(22-23-41-27-14-5-2-6-15-27)20-8-7-13-26-17-16-25-12-9-19-33-30(25)34-26/h1-6,10-11,14-17,28-29,37H,7-9,12-13,18-23H2,(H,33,34)(H,35,38)(H,39,40). The van der Waals surface area contributed by atoms with Gasteiger partial charge in [0.05, 0.1) is 0 Å². The Morgan fingerprint density at radius 2 is 1.73 bits per heavy atom. The molecular formula is C32H40N4O5. The number of aliphatic hydroxyl groups is 1. The number of carbonyl (C=O) groups excluding carboxylic acids is 1. The zero-order valence-corrected chi connectivity index (χ0v) is 23.4. The van der Waals surface area contributed by atoms with E-state index in [9.17, 15) is 19.8 Å². The summed E-state index contributed by atoms with van der Waals surface area (Å²) in [5.74, 6) is -0.0708. The van der Waals surface area contributed by atoms with Crippen molar-refractivity contribution in [1.29, 1.82) is 0 Å². The number of aliphatic carboxylic acids is 1. The van der Waals surface area contributed by atoms with Crippen LogP contribution in [0.2, 0.25) is 0 Å². The second kappa shape index (κ2) is 15.7. The summed E-state index contributed by atoms with van der Waals surface area (Å²) in [6.07, 6.45) is 3.70. The van der Waals surface area contributed by atoms with Crippen molar-refractivity contribution in [3.05, 3.63) is 89.6 Å². The van der Waals surface area contributed by atoms with Gasteiger partial charge in [-0.2, -0.15) is 0 Å². The summed E-state index contributed by atoms with van der Waals surface area (Å²) in [7, 11) is 0. The molecule has 0 saturated heterocycles. The summed E-state index contributed by atoms with van der Waals surface area (Å²) in [6, 6.07) is 21.2. The number of hydrogen-bond donors (Lipinski definition) is 4. The molecule has 0 radical (unpaired) electrons. The summed E-state index contributed by atoms with van der Waals surface area (Å²) >= 11 is 0. The Morgan fingerprint density at radius 3 is 2.49 bits per heavy atom. The Kier molecular flexibility index (Phi) is 11.5. The number of benzene rings is 2. The van der Waals surface area contributed by atoms with Crippen LogP contribution in [-0.4, -0.2) is 70.8 Å². The SMILES string of the molecule is O=C(O)C(CCN(CCCCc1ccc2c(n1)NCCC2)CCOc1ccccc1)NC(=O)C(O)c1ccccc1. The van der Waals surface area contributed by atoms with E-state index >= 15 is 0 Å². The number of rotatable bonds is 16. The van der Waals surface area contributed by atoms with Gasteiger partial charge in [0.15, 0.2) is 6.10 Å². The highest BCUT2D eigenvalue weighted by Crippen LogP contribution is 2.20. The third-order valence-electron chi connectivity index (χ3n) is 7.24. The number of para-hydroxylation sites is 1. The number of fused-ring (bicyclic) bond motifs is 1. The summed E-state index contributed by atoms with van der Waals surface area (Å²) in [6.45, 7) is 3.25. The van der Waals surface area contributed by atoms with Crippen LogP contribution in [-0.2, 0) is 22.4 Å². The number of nitrogens with zero attached hydrogens (tertiary/aromatic N) is 2. The number of aromatic nitrogens is 1. The van der Waals surface area contributed by atoms with Crippen LogP contribution in [0.3, 0.4) is 0 Å². The van der Waals surface area contributed by atoms with E-state index in [-0.39, 0.29) is 6.42 Å². The topological polar surface area (TPSA) is 124 Å². The number of pyridine rings is 1. The first-order valence-electron chi connectivity index (χ1n) is 14.4. The van der Waals surface area contributed by atoms with Crippen LogP contribution in [0.25, 0.3) is 0 Å². The number of carboxylic acids is 1. The number of nitrogens with one attached hydrogen (secondary N) is 2. The van der Waals surface area contributed by atoms with Crippen LogP contribution in [0.1, 0.15) is 48.6 Å². The molecule has 41 heavy (non-hydrogen) atoms. The minimum absolute atomic E-state index is 0.200. The van der Waals surface area contributed by atoms with E-state index in [1.165, 1.54) is 5.56 Å². The molecule has 3 aromatic rings. The van der Waals surface area contributed by atoms with E-state index in [4.69, 9.17) is 9.72 Å². The van der Waals surface area contributed by atoms with Gasteiger partial charge in [0, 0.05) is 25.3 Å². The quantitative estimate of drug-likeness (QED) is 0.195. The van der Waals surface area contributed by atoms with Gasteiger partial charge < -0.3 is 25.6 Å². The molecule has 0 saturated carbocycles. The maximum Gasteiger partial charge on any atom is 0.326 e. The number of aryl methyl sites for hydroxylation is 2. The van der Waals surface area contributed by atoms with Gasteiger partial charge in [0.1, 0.15) is 24.2 Å². The lowest BCUT2D eigenvalue weighted by Gasteiger charge is -2.25. The summed E-state index contributed by atoms with van der Waals surface area (Å²) in [5, 5.41) is 26.1. The normalized spacial score (nSPS) is 14.0. The monoisotopic (exact) mass is 560 g/mol. The number of carboxylic acid groups (broad SMARTS) is 1. The molecule has 2 unspecified atom stereocenters. The number of carbonyl (C=O) groups is 2. The molecule has 9 nitrogen and oxygen atoms in total. The van der Waals surface area contributed by atoms with E-state index < -0.39 is 24.0 Å². The molecule has 1 aliphatic rings. The highest BCUT2D eigenvalue weighted by Gasteiger charge is 2.25. The first-order valence-corrected chi connectivity index (χ1v) is 14.4. The highest BCUT2D eigenvalue weighted by molar-refractivity contribution is 5.86. The molecule has 1 amide bonds. The fourth-order valence-electron chi connectivity index (χ4n) is 4.90. The van der Waals surface area contributed by atoms with Crippen molar-refractivity contribution in [2.45, 2.75) is 50.7 Å². The lowest BCUT2D eigenvalue weighted by molar-refractivity contribution is -0.143. The Bertz CT molecular complexity index is 1240. The molecule has 1 aliphatic heterocycles. The Morgan fingerprint density at radius 1 is 0.976 bits per heavy atom. The molecule has 2 atom stereocenters. The van der Waals surface area contributed by atoms with Crippen molar-refractivity contribution in [3.8, 4) is 5.75 Å². The minimum Gasteiger partial charge on any atom is -0.492 e. The lowest BCUT2D eigenvalue weighted by Crippen LogP contribution is -2.45. The third kappa shape index (κ3) is 9.58. The summed E-state index contributed by atoms with van der Waals surface area (Å²) in [5.41, 5.74) is 2.77. The second-order valence-corrected chi connectivity index (χ2v) is 10.3. The lowest BCUT2D eigenvalue weighted by atomic mass is 10.1. The molecular weight excluding hydrogens is 520 g/mol. The average Bonchev–Trinajstić information content (AvgIpc) is 3.01. The van der Waals surface area contributed by atoms with Crippen LogP contribution >= 0.6 is 0 Å². The Labute approximate surface area is 241 Å². The van der Waals surface area contributed by atoms with Crippen LogP contribution in [0.4, 0.5) is 5.82 Å². The zero-order chi connectivity index (χ0) is 28.9. The molecule has 4 N–H and O–H groups in total. The number of aliphatic hydroxyl groups excluding tert-OH is 1. The van der Waals surface area contributed by atoms with Gasteiger partial charge in [-0.15, -0.1) is 0 Å². The minimum atomic E-state index is -1.43. The van der Waals surface area contributed by atoms with Crippen LogP contribution in [0.5, 0.6) is 5.75 Å². The van der Waals surface area contributed by atoms with Gasteiger partial charge in [-0.3, -0.25) is 9.69 Å². The molecule has 2 heterocycles. The fraction of sp³-hybridized carbons (Fsp3) is 0.406. The fourth-order valence-corrected chi connectivity index (χ4v) is 4.90. The van der Waals surface area contributed by atoms with Gasteiger partial charge in [-0.05, 0) is 74.4 Å². The van der Waals surface area contributed by atoms with Gasteiger partial charge in [-0.1, -0.05) is 54.6 Å². The van der Waals surface area contributed by atoms with Crippen molar-refractivity contribution in [3.63, 3.8) is 0 Å². The van der Waals surface area contributed by atoms with Crippen molar-refractivity contribution < 1.29 is 24.5 Å². The number of ether oxygens (including phenoxy) is 1. The maximum atomic E-state index is 12.6. The van der Waals surface area contributed by atoms with Gasteiger partial charge in [0.25, 0.3) is 5.91 Å². The van der Waals surface area contributed by atoms with E-state index in [0.29, 0.717) is 25.3 Å². The number of unbranched alkanes of at least 4 members (excludes halogenated alkanes) is 1. The van der Waals surface area contributed by atoms with Crippen molar-refractivity contribution in [1.82, 2.24) is 15.2 Å². The molecule has 0 bridgehead atoms. The molecule has 0 spiro atoms.